The Labute approximate surface area is 294 Å². The molecule has 0 spiro atoms. The molecule has 4 aliphatic rings. The normalized spacial score (nSPS) is 25.3. The van der Waals surface area contributed by atoms with Crippen molar-refractivity contribution in [2.24, 2.45) is 0 Å². The Morgan fingerprint density at radius 3 is 2.34 bits per heavy atom. The third-order valence-electron chi connectivity index (χ3n) is 11.7. The molecule has 3 heterocycles. The lowest BCUT2D eigenvalue weighted by atomic mass is 9.81. The quantitative estimate of drug-likeness (QED) is 0.373. The Morgan fingerprint density at radius 2 is 1.68 bits per heavy atom. The molecule has 1 aromatic heterocycles. The number of likely N-dealkylation sites (N-methyl/N-ethyl adjacent to an activating group) is 1. The fourth-order valence-electron chi connectivity index (χ4n) is 8.56. The van der Waals surface area contributed by atoms with Crippen molar-refractivity contribution in [1.82, 2.24) is 28.7 Å². The van der Waals surface area contributed by atoms with E-state index in [0.29, 0.717) is 32.0 Å². The molecular weight excluding hydrogens is 657 g/mol. The van der Waals surface area contributed by atoms with Gasteiger partial charge in [0.15, 0.2) is 0 Å². The van der Waals surface area contributed by atoms with Crippen molar-refractivity contribution in [2.45, 2.75) is 88.4 Å². The molecule has 4 unspecified atom stereocenters. The molecule has 3 amide bonds. The van der Waals surface area contributed by atoms with E-state index < -0.39 is 33.5 Å². The number of aromatic nitrogens is 1. The number of rotatable bonds is 6. The number of nitrogens with one attached hydrogen (secondary N) is 2. The summed E-state index contributed by atoms with van der Waals surface area (Å²) in [5.74, 6) is -0.884. The molecule has 0 bridgehead atoms. The van der Waals surface area contributed by atoms with Gasteiger partial charge in [-0.25, -0.2) is 4.72 Å². The van der Waals surface area contributed by atoms with Crippen molar-refractivity contribution in [3.8, 4) is 17.0 Å². The van der Waals surface area contributed by atoms with Crippen LogP contribution in [0.5, 0.6) is 5.75 Å². The van der Waals surface area contributed by atoms with Crippen LogP contribution in [0.25, 0.3) is 22.2 Å². The Bertz CT molecular complexity index is 1970. The van der Waals surface area contributed by atoms with Gasteiger partial charge < -0.3 is 19.5 Å². The van der Waals surface area contributed by atoms with Gasteiger partial charge in [0.2, 0.25) is 0 Å². The summed E-state index contributed by atoms with van der Waals surface area (Å²) in [7, 11) is 2.41. The molecule has 1 saturated heterocycles. The number of nitrogens with zero attached hydrogens (tertiary/aromatic N) is 4. The Hall–Kier alpha value is -3.94. The zero-order valence-electron chi connectivity index (χ0n) is 29.8. The summed E-state index contributed by atoms with van der Waals surface area (Å²) in [6.07, 6.45) is 6.18. The summed E-state index contributed by atoms with van der Waals surface area (Å²) in [5.41, 5.74) is 4.66. The fourth-order valence-corrected chi connectivity index (χ4v) is 9.09. The fraction of sp³-hybridized carbons (Fsp3) is 0.541. The van der Waals surface area contributed by atoms with E-state index in [2.05, 4.69) is 45.5 Å². The molecule has 3 fully saturated rings. The van der Waals surface area contributed by atoms with Gasteiger partial charge in [-0.15, -0.1) is 0 Å². The number of benzene rings is 2. The zero-order valence-corrected chi connectivity index (χ0v) is 30.6. The van der Waals surface area contributed by atoms with E-state index in [1.165, 1.54) is 26.1 Å². The van der Waals surface area contributed by atoms with Gasteiger partial charge >= 0.3 is 22.0 Å². The third-order valence-corrected chi connectivity index (χ3v) is 13.1. The number of hydrogen-bond donors (Lipinski definition) is 2. The molecule has 4 atom stereocenters. The smallest absolute Gasteiger partial charge is 0.312 e. The van der Waals surface area contributed by atoms with Crippen LogP contribution in [0.1, 0.15) is 85.7 Å². The Kier molecular flexibility index (Phi) is 8.75. The molecule has 2 aromatic carbocycles. The van der Waals surface area contributed by atoms with E-state index >= 15 is 0 Å². The van der Waals surface area contributed by atoms with Crippen LogP contribution in [-0.2, 0) is 26.3 Å². The van der Waals surface area contributed by atoms with Gasteiger partial charge in [0, 0.05) is 73.8 Å². The van der Waals surface area contributed by atoms with Gasteiger partial charge in [-0.2, -0.15) is 12.7 Å². The Balaban J connectivity index is 1.35. The summed E-state index contributed by atoms with van der Waals surface area (Å²) in [5, 5.41) is 4.24. The van der Waals surface area contributed by atoms with Gasteiger partial charge in [-0.3, -0.25) is 19.3 Å². The topological polar surface area (TPSA) is 133 Å². The van der Waals surface area contributed by atoms with Gasteiger partial charge in [0.1, 0.15) is 5.75 Å². The highest BCUT2D eigenvalue weighted by molar-refractivity contribution is 7.87. The lowest BCUT2D eigenvalue weighted by molar-refractivity contribution is -0.149. The molecule has 0 radical (unpaired) electrons. The number of carbonyl (C=O) groups excluding carboxylic acids is 3. The minimum atomic E-state index is -4.00. The number of carbonyl (C=O) groups is 3. The maximum absolute atomic E-state index is 13.9. The second-order valence-electron chi connectivity index (χ2n) is 15.0. The van der Waals surface area contributed by atoms with Crippen LogP contribution < -0.4 is 14.8 Å². The van der Waals surface area contributed by atoms with Gasteiger partial charge in [0.25, 0.3) is 5.91 Å². The molecule has 268 valence electrons. The van der Waals surface area contributed by atoms with Crippen molar-refractivity contribution in [3.05, 3.63) is 53.1 Å². The number of hydrogen-bond acceptors (Lipinski definition) is 7. The van der Waals surface area contributed by atoms with Crippen LogP contribution >= 0.6 is 0 Å². The number of amides is 3. The van der Waals surface area contributed by atoms with Crippen LogP contribution in [0.3, 0.4) is 0 Å². The summed E-state index contributed by atoms with van der Waals surface area (Å²) >= 11 is 0. The average Bonchev–Trinajstić information content (AvgIpc) is 3.72. The number of methoxy groups -OCH3 is 1. The van der Waals surface area contributed by atoms with Crippen LogP contribution in [0.15, 0.2) is 36.4 Å². The molecule has 50 heavy (non-hydrogen) atoms. The van der Waals surface area contributed by atoms with Crippen LogP contribution in [0, 0.1) is 0 Å². The zero-order chi connectivity index (χ0) is 35.7. The highest BCUT2D eigenvalue weighted by Gasteiger charge is 2.59. The number of ether oxygens (including phenoxy) is 1. The highest BCUT2D eigenvalue weighted by atomic mass is 32.2. The monoisotopic (exact) mass is 704 g/mol. The van der Waals surface area contributed by atoms with Crippen molar-refractivity contribution in [3.63, 3.8) is 0 Å². The minimum Gasteiger partial charge on any atom is -0.497 e. The summed E-state index contributed by atoms with van der Waals surface area (Å²) in [6, 6.07) is 11.8. The summed E-state index contributed by atoms with van der Waals surface area (Å²) in [4.78, 5) is 44.8. The van der Waals surface area contributed by atoms with Crippen molar-refractivity contribution < 1.29 is 27.5 Å². The van der Waals surface area contributed by atoms with E-state index in [4.69, 9.17) is 4.74 Å². The van der Waals surface area contributed by atoms with Gasteiger partial charge in [-0.05, 0) is 87.5 Å². The average molecular weight is 705 g/mol. The first-order valence-corrected chi connectivity index (χ1v) is 19.1. The molecular formula is C37H48N6O6S. The molecule has 2 N–H and O–H groups in total. The van der Waals surface area contributed by atoms with E-state index in [-0.39, 0.29) is 23.6 Å². The van der Waals surface area contributed by atoms with E-state index in [0.717, 1.165) is 63.5 Å². The number of fused-ring (bicyclic) bond motifs is 7. The second kappa shape index (κ2) is 12.7. The SMILES string of the molecule is COc1ccc2c(c1)C1CC1(NC(=O)C(=O)N1CC(C)N(C)C(C)C1)Cn1c-2c(C2CCCCC2)c2ccc(C(=O)NS(=O)(=O)N(C)C)cc21. The molecule has 2 aliphatic carbocycles. The van der Waals surface area contributed by atoms with Gasteiger partial charge in [-0.1, -0.05) is 25.3 Å². The Morgan fingerprint density at radius 1 is 0.980 bits per heavy atom. The van der Waals surface area contributed by atoms with Crippen LogP contribution in [0.2, 0.25) is 0 Å². The second-order valence-corrected chi connectivity index (χ2v) is 16.9. The van der Waals surface area contributed by atoms with Crippen molar-refractivity contribution in [2.75, 3.05) is 41.3 Å². The van der Waals surface area contributed by atoms with Crippen molar-refractivity contribution >= 4 is 38.8 Å². The summed E-state index contributed by atoms with van der Waals surface area (Å²) in [6.45, 7) is 5.48. The van der Waals surface area contributed by atoms with Gasteiger partial charge in [0.05, 0.1) is 18.3 Å². The van der Waals surface area contributed by atoms with Crippen LogP contribution in [0.4, 0.5) is 0 Å². The number of piperazine rings is 1. The molecule has 12 nitrogen and oxygen atoms in total. The standard InChI is InChI=1S/C37H48N6O6S/c1-22-19-42(20-23(2)41(22)5)36(46)35(45)38-37-18-30(37)29-17-26(49-6)13-15-27(29)33-32(24-10-8-7-9-11-24)28-14-12-25(16-31(28)43(33)21-37)34(44)39-50(47,48)40(3)4/h12-17,22-24,30H,7-11,18-21H2,1-6H3,(H,38,45)(H,39,44). The van der Waals surface area contributed by atoms with Crippen LogP contribution in [-0.4, -0.2) is 104 Å². The molecule has 2 aliphatic heterocycles. The third kappa shape index (κ3) is 5.86. The lowest BCUT2D eigenvalue weighted by Crippen LogP contribution is -2.59. The minimum absolute atomic E-state index is 0.0550. The first-order chi connectivity index (χ1) is 23.7. The molecule has 2 saturated carbocycles. The maximum Gasteiger partial charge on any atom is 0.312 e. The lowest BCUT2D eigenvalue weighted by Gasteiger charge is -2.42. The maximum atomic E-state index is 13.9. The molecule has 3 aromatic rings. The molecule has 7 rings (SSSR count). The van der Waals surface area contributed by atoms with E-state index in [1.54, 1.807) is 24.1 Å². The summed E-state index contributed by atoms with van der Waals surface area (Å²) < 4.78 is 36.2. The molecule has 13 heteroatoms. The first kappa shape index (κ1) is 34.5. The van der Waals surface area contributed by atoms with E-state index in [9.17, 15) is 22.8 Å². The van der Waals surface area contributed by atoms with Crippen molar-refractivity contribution in [1.29, 1.82) is 0 Å². The highest BCUT2D eigenvalue weighted by Crippen LogP contribution is 2.60. The predicted octanol–water partition coefficient (Wildman–Crippen LogP) is 3.81. The van der Waals surface area contributed by atoms with E-state index in [1.807, 2.05) is 19.2 Å². The largest absolute Gasteiger partial charge is 0.497 e. The first-order valence-electron chi connectivity index (χ1n) is 17.7. The predicted molar refractivity (Wildman–Crippen MR) is 191 cm³/mol.